The molecule has 0 amide bonds. The van der Waals surface area contributed by atoms with Crippen molar-refractivity contribution in [3.8, 4) is 73.2 Å². The molecule has 10 rings (SSSR count). The molecule has 0 atom stereocenters. The van der Waals surface area contributed by atoms with Crippen LogP contribution in [0, 0.1) is 0 Å². The molecule has 10 aromatic rings. The van der Waals surface area contributed by atoms with E-state index in [-0.39, 0.29) is 0 Å². The van der Waals surface area contributed by atoms with Crippen molar-refractivity contribution in [3.05, 3.63) is 206 Å². The van der Waals surface area contributed by atoms with E-state index in [4.69, 9.17) is 15.0 Å². The lowest BCUT2D eigenvalue weighted by Gasteiger charge is -2.13. The van der Waals surface area contributed by atoms with Gasteiger partial charge >= 0.3 is 0 Å². The molecule has 0 spiro atoms. The lowest BCUT2D eigenvalue weighted by molar-refractivity contribution is 0.953. The maximum Gasteiger partial charge on any atom is 0.238 e. The fourth-order valence-electron chi connectivity index (χ4n) is 7.58. The first-order chi connectivity index (χ1) is 27.3. The average molecular weight is 703 g/mol. The highest BCUT2D eigenvalue weighted by molar-refractivity contribution is 6.16. The molecule has 0 fully saturated rings. The molecule has 0 aliphatic rings. The van der Waals surface area contributed by atoms with E-state index in [2.05, 4.69) is 187 Å². The van der Waals surface area contributed by atoms with Crippen molar-refractivity contribution in [2.75, 3.05) is 0 Å². The van der Waals surface area contributed by atoms with Gasteiger partial charge in [-0.05, 0) is 68.8 Å². The Morgan fingerprint density at radius 3 is 1.38 bits per heavy atom. The predicted octanol–water partition coefficient (Wildman–Crippen LogP) is 13.0. The lowest BCUT2D eigenvalue weighted by atomic mass is 9.93. The minimum Gasteiger partial charge on any atom is -0.278 e. The third kappa shape index (κ3) is 6.06. The number of aromatic nitrogens is 4. The third-order valence-electron chi connectivity index (χ3n) is 10.3. The minimum absolute atomic E-state index is 0.566. The van der Waals surface area contributed by atoms with E-state index in [1.807, 2.05) is 24.3 Å². The zero-order chi connectivity index (χ0) is 36.6. The Bertz CT molecular complexity index is 2940. The molecule has 0 unspecified atom stereocenters. The summed E-state index contributed by atoms with van der Waals surface area (Å²) in [5.41, 5.74) is 13.1. The second kappa shape index (κ2) is 13.8. The lowest BCUT2D eigenvalue weighted by Crippen LogP contribution is -2.06. The van der Waals surface area contributed by atoms with Gasteiger partial charge in [0.05, 0.1) is 11.0 Å². The van der Waals surface area contributed by atoms with E-state index in [0.29, 0.717) is 17.6 Å². The third-order valence-corrected chi connectivity index (χ3v) is 10.3. The topological polar surface area (TPSA) is 43.6 Å². The number of benzene rings is 8. The Kier molecular flexibility index (Phi) is 8.12. The summed E-state index contributed by atoms with van der Waals surface area (Å²) in [5, 5.41) is 2.29. The highest BCUT2D eigenvalue weighted by Gasteiger charge is 2.21. The summed E-state index contributed by atoms with van der Waals surface area (Å²) in [6.45, 7) is 0. The summed E-state index contributed by atoms with van der Waals surface area (Å²) in [5.74, 6) is 1.80. The van der Waals surface area contributed by atoms with Gasteiger partial charge in [0.25, 0.3) is 0 Å². The van der Waals surface area contributed by atoms with Gasteiger partial charge in [0.1, 0.15) is 0 Å². The zero-order valence-corrected chi connectivity index (χ0v) is 29.9. The standard InChI is InChI=1S/C51H34N4/c1-5-16-35(17-6-1)37-28-30-40(31-29-37)50-52-49(39-22-11-4-12-23-39)53-51(54-50)55-46-27-14-13-26-44(46)48-45(38-20-9-3-10-21-38)33-43(34-47(48)55)42-25-15-24-41(32-42)36-18-7-2-8-19-36/h1-34H. The second-order valence-electron chi connectivity index (χ2n) is 13.7. The number of nitrogens with zero attached hydrogens (tertiary/aromatic N) is 4. The van der Waals surface area contributed by atoms with Crippen LogP contribution in [0.1, 0.15) is 0 Å². The summed E-state index contributed by atoms with van der Waals surface area (Å²) < 4.78 is 2.22. The molecule has 0 radical (unpaired) electrons. The number of hydrogen-bond donors (Lipinski definition) is 0. The zero-order valence-electron chi connectivity index (χ0n) is 29.9. The van der Waals surface area contributed by atoms with Crippen molar-refractivity contribution in [1.82, 2.24) is 19.5 Å². The first kappa shape index (κ1) is 32.2. The second-order valence-corrected chi connectivity index (χ2v) is 13.7. The van der Waals surface area contributed by atoms with Crippen LogP contribution in [0.5, 0.6) is 0 Å². The van der Waals surface area contributed by atoms with Crippen molar-refractivity contribution in [2.24, 2.45) is 0 Å². The number of rotatable bonds is 7. The Morgan fingerprint density at radius 2 is 0.745 bits per heavy atom. The van der Waals surface area contributed by atoms with Gasteiger partial charge in [0.2, 0.25) is 5.95 Å². The Morgan fingerprint density at radius 1 is 0.291 bits per heavy atom. The fraction of sp³-hybridized carbons (Fsp3) is 0. The highest BCUT2D eigenvalue weighted by atomic mass is 15.2. The maximum absolute atomic E-state index is 5.27. The molecule has 4 heteroatoms. The summed E-state index contributed by atoms with van der Waals surface area (Å²) in [6.07, 6.45) is 0. The molecular weight excluding hydrogens is 669 g/mol. The Hall–Kier alpha value is -7.43. The summed E-state index contributed by atoms with van der Waals surface area (Å²) in [6, 6.07) is 72.3. The van der Waals surface area contributed by atoms with E-state index in [0.717, 1.165) is 60.8 Å². The van der Waals surface area contributed by atoms with E-state index < -0.39 is 0 Å². The van der Waals surface area contributed by atoms with Crippen molar-refractivity contribution in [3.63, 3.8) is 0 Å². The van der Waals surface area contributed by atoms with Crippen LogP contribution in [0.4, 0.5) is 0 Å². The van der Waals surface area contributed by atoms with Gasteiger partial charge in [-0.1, -0.05) is 182 Å². The van der Waals surface area contributed by atoms with E-state index >= 15 is 0 Å². The molecular formula is C51H34N4. The van der Waals surface area contributed by atoms with Gasteiger partial charge in [-0.25, -0.2) is 4.98 Å². The minimum atomic E-state index is 0.566. The van der Waals surface area contributed by atoms with Crippen molar-refractivity contribution in [1.29, 1.82) is 0 Å². The van der Waals surface area contributed by atoms with Crippen LogP contribution in [0.15, 0.2) is 206 Å². The summed E-state index contributed by atoms with van der Waals surface area (Å²) in [4.78, 5) is 15.6. The van der Waals surface area contributed by atoms with Gasteiger partial charge in [0, 0.05) is 21.9 Å². The van der Waals surface area contributed by atoms with Crippen LogP contribution in [0.3, 0.4) is 0 Å². The largest absolute Gasteiger partial charge is 0.278 e. The SMILES string of the molecule is c1ccc(-c2ccc(-c3nc(-c4ccccc4)nc(-n4c5ccccc5c5c(-c6ccccc6)cc(-c6cccc(-c7ccccc7)c6)cc54)n3)cc2)cc1. The van der Waals surface area contributed by atoms with Crippen LogP contribution in [0.25, 0.3) is 95.0 Å². The molecule has 2 heterocycles. The van der Waals surface area contributed by atoms with Crippen LogP contribution < -0.4 is 0 Å². The Labute approximate surface area is 319 Å². The molecule has 0 N–H and O–H groups in total. The van der Waals surface area contributed by atoms with Gasteiger partial charge in [-0.15, -0.1) is 0 Å². The Balaban J connectivity index is 1.23. The molecule has 258 valence electrons. The van der Waals surface area contributed by atoms with Crippen LogP contribution >= 0.6 is 0 Å². The van der Waals surface area contributed by atoms with Gasteiger partial charge in [-0.3, -0.25) is 4.57 Å². The van der Waals surface area contributed by atoms with E-state index in [1.54, 1.807) is 0 Å². The summed E-state index contributed by atoms with van der Waals surface area (Å²) in [7, 11) is 0. The maximum atomic E-state index is 5.27. The molecule has 0 saturated carbocycles. The van der Waals surface area contributed by atoms with Gasteiger partial charge < -0.3 is 0 Å². The molecule has 0 aliphatic heterocycles. The quantitative estimate of drug-likeness (QED) is 0.166. The van der Waals surface area contributed by atoms with E-state index in [1.165, 1.54) is 16.7 Å². The van der Waals surface area contributed by atoms with Crippen LogP contribution in [0.2, 0.25) is 0 Å². The van der Waals surface area contributed by atoms with Crippen molar-refractivity contribution in [2.45, 2.75) is 0 Å². The van der Waals surface area contributed by atoms with Crippen LogP contribution in [-0.2, 0) is 0 Å². The smallest absolute Gasteiger partial charge is 0.238 e. The average Bonchev–Trinajstić information content (AvgIpc) is 3.61. The molecule has 8 aromatic carbocycles. The molecule has 2 aromatic heterocycles. The van der Waals surface area contributed by atoms with Gasteiger partial charge in [0.15, 0.2) is 11.6 Å². The normalized spacial score (nSPS) is 11.3. The number of para-hydroxylation sites is 1. The molecule has 0 aliphatic carbocycles. The fourth-order valence-corrected chi connectivity index (χ4v) is 7.58. The highest BCUT2D eigenvalue weighted by Crippen LogP contribution is 2.42. The summed E-state index contributed by atoms with van der Waals surface area (Å²) >= 11 is 0. The number of fused-ring (bicyclic) bond motifs is 3. The first-order valence-corrected chi connectivity index (χ1v) is 18.5. The molecule has 0 saturated heterocycles. The van der Waals surface area contributed by atoms with Gasteiger partial charge in [-0.2, -0.15) is 9.97 Å². The predicted molar refractivity (Wildman–Crippen MR) is 227 cm³/mol. The monoisotopic (exact) mass is 702 g/mol. The van der Waals surface area contributed by atoms with Crippen molar-refractivity contribution >= 4 is 21.8 Å². The van der Waals surface area contributed by atoms with Crippen LogP contribution in [-0.4, -0.2) is 19.5 Å². The molecule has 55 heavy (non-hydrogen) atoms. The number of hydrogen-bond acceptors (Lipinski definition) is 3. The van der Waals surface area contributed by atoms with Crippen molar-refractivity contribution < 1.29 is 0 Å². The molecule has 0 bridgehead atoms. The van der Waals surface area contributed by atoms with E-state index in [9.17, 15) is 0 Å². The molecule has 4 nitrogen and oxygen atoms in total. The first-order valence-electron chi connectivity index (χ1n) is 18.5.